The molecule has 0 atom stereocenters. The number of imide groups is 1. The lowest BCUT2D eigenvalue weighted by molar-refractivity contribution is -0.121. The SMILES string of the molecule is O=C(CN1C(=O)c2ccccc2C1=O)NCCNC(=O)c1ccc(Cl)c(Cl)c1. The van der Waals surface area contributed by atoms with Crippen molar-refractivity contribution >= 4 is 46.8 Å². The van der Waals surface area contributed by atoms with Crippen LogP contribution in [-0.4, -0.2) is 48.2 Å². The van der Waals surface area contributed by atoms with Crippen LogP contribution in [0.2, 0.25) is 10.0 Å². The van der Waals surface area contributed by atoms with Crippen molar-refractivity contribution in [3.05, 3.63) is 69.2 Å². The highest BCUT2D eigenvalue weighted by Crippen LogP contribution is 2.23. The van der Waals surface area contributed by atoms with E-state index in [2.05, 4.69) is 10.6 Å². The van der Waals surface area contributed by atoms with E-state index in [4.69, 9.17) is 23.2 Å². The fourth-order valence-electron chi connectivity index (χ4n) is 2.70. The smallest absolute Gasteiger partial charge is 0.262 e. The third-order valence-corrected chi connectivity index (χ3v) is 4.83. The molecule has 0 radical (unpaired) electrons. The second-order valence-corrected chi connectivity index (χ2v) is 6.79. The van der Waals surface area contributed by atoms with Crippen LogP contribution >= 0.6 is 23.2 Å². The first-order valence-corrected chi connectivity index (χ1v) is 9.09. The summed E-state index contributed by atoms with van der Waals surface area (Å²) >= 11 is 11.7. The summed E-state index contributed by atoms with van der Waals surface area (Å²) in [5.74, 6) is -1.86. The molecule has 1 heterocycles. The van der Waals surface area contributed by atoms with Gasteiger partial charge in [0.05, 0.1) is 21.2 Å². The minimum Gasteiger partial charge on any atom is -0.353 e. The van der Waals surface area contributed by atoms with Gasteiger partial charge in [-0.1, -0.05) is 35.3 Å². The molecule has 28 heavy (non-hydrogen) atoms. The summed E-state index contributed by atoms with van der Waals surface area (Å²) in [6, 6.07) is 10.9. The minimum atomic E-state index is -0.502. The quantitative estimate of drug-likeness (QED) is 0.553. The fourth-order valence-corrected chi connectivity index (χ4v) is 3.00. The number of nitrogens with zero attached hydrogens (tertiary/aromatic N) is 1. The van der Waals surface area contributed by atoms with Gasteiger partial charge in [0.2, 0.25) is 5.91 Å². The first-order valence-electron chi connectivity index (χ1n) is 8.33. The number of benzene rings is 2. The molecule has 0 aromatic heterocycles. The van der Waals surface area contributed by atoms with E-state index in [1.807, 2.05) is 0 Å². The maximum Gasteiger partial charge on any atom is 0.262 e. The third kappa shape index (κ3) is 4.16. The standard InChI is InChI=1S/C19H15Cl2N3O4/c20-14-6-5-11(9-15(14)21)17(26)23-8-7-22-16(25)10-24-18(27)12-3-1-2-4-13(12)19(24)28/h1-6,9H,7-8,10H2,(H,22,25)(H,23,26). The molecule has 2 N–H and O–H groups in total. The highest BCUT2D eigenvalue weighted by atomic mass is 35.5. The van der Waals surface area contributed by atoms with E-state index in [1.54, 1.807) is 24.3 Å². The molecule has 1 aliphatic heterocycles. The average Bonchev–Trinajstić information content (AvgIpc) is 2.92. The van der Waals surface area contributed by atoms with Crippen molar-refractivity contribution in [2.75, 3.05) is 19.6 Å². The number of halogens is 2. The van der Waals surface area contributed by atoms with Crippen molar-refractivity contribution in [2.45, 2.75) is 0 Å². The maximum absolute atomic E-state index is 12.2. The lowest BCUT2D eigenvalue weighted by Gasteiger charge is -2.13. The molecule has 2 aromatic carbocycles. The molecule has 7 nitrogen and oxygen atoms in total. The van der Waals surface area contributed by atoms with Gasteiger partial charge < -0.3 is 10.6 Å². The van der Waals surface area contributed by atoms with E-state index in [9.17, 15) is 19.2 Å². The van der Waals surface area contributed by atoms with Crippen molar-refractivity contribution in [2.24, 2.45) is 0 Å². The molecule has 3 rings (SSSR count). The van der Waals surface area contributed by atoms with Gasteiger partial charge in [0.1, 0.15) is 6.54 Å². The Morgan fingerprint density at radius 2 is 1.46 bits per heavy atom. The van der Waals surface area contributed by atoms with Crippen LogP contribution in [0.25, 0.3) is 0 Å². The zero-order chi connectivity index (χ0) is 20.3. The summed E-state index contributed by atoms with van der Waals surface area (Å²) in [7, 11) is 0. The molecule has 4 amide bonds. The Morgan fingerprint density at radius 1 is 0.857 bits per heavy atom. The Kier molecular flexibility index (Phi) is 5.96. The first-order chi connectivity index (χ1) is 13.4. The van der Waals surface area contributed by atoms with Gasteiger partial charge in [0, 0.05) is 18.7 Å². The molecular weight excluding hydrogens is 405 g/mol. The summed E-state index contributed by atoms with van der Waals surface area (Å²) < 4.78 is 0. The number of nitrogens with one attached hydrogen (secondary N) is 2. The normalized spacial score (nSPS) is 12.7. The lowest BCUT2D eigenvalue weighted by Crippen LogP contribution is -2.42. The minimum absolute atomic E-state index is 0.134. The van der Waals surface area contributed by atoms with Crippen molar-refractivity contribution in [1.82, 2.24) is 15.5 Å². The van der Waals surface area contributed by atoms with Gasteiger partial charge in [-0.2, -0.15) is 0 Å². The summed E-state index contributed by atoms with van der Waals surface area (Å²) in [5, 5.41) is 5.79. The second-order valence-electron chi connectivity index (χ2n) is 5.98. The molecule has 0 bridgehead atoms. The molecule has 0 spiro atoms. The van der Waals surface area contributed by atoms with Crippen molar-refractivity contribution in [3.63, 3.8) is 0 Å². The van der Waals surface area contributed by atoms with Crippen molar-refractivity contribution in [3.8, 4) is 0 Å². The zero-order valence-electron chi connectivity index (χ0n) is 14.5. The summed E-state index contributed by atoms with van der Waals surface area (Å²) in [4.78, 5) is 49.4. The van der Waals surface area contributed by atoms with Crippen LogP contribution in [0.5, 0.6) is 0 Å². The Bertz CT molecular complexity index is 942. The van der Waals surface area contributed by atoms with Crippen LogP contribution in [0.4, 0.5) is 0 Å². The van der Waals surface area contributed by atoms with Gasteiger partial charge in [0.25, 0.3) is 17.7 Å². The number of fused-ring (bicyclic) bond motifs is 1. The van der Waals surface area contributed by atoms with Crippen molar-refractivity contribution < 1.29 is 19.2 Å². The first kappa shape index (κ1) is 19.9. The lowest BCUT2D eigenvalue weighted by atomic mass is 10.1. The molecule has 0 saturated carbocycles. The van der Waals surface area contributed by atoms with E-state index < -0.39 is 17.7 Å². The molecule has 0 unspecified atom stereocenters. The molecule has 0 aliphatic carbocycles. The van der Waals surface area contributed by atoms with Gasteiger partial charge in [-0.25, -0.2) is 0 Å². The number of hydrogen-bond acceptors (Lipinski definition) is 4. The Hall–Kier alpha value is -2.90. The van der Waals surface area contributed by atoms with Gasteiger partial charge in [-0.15, -0.1) is 0 Å². The summed E-state index contributed by atoms with van der Waals surface area (Å²) in [6.07, 6.45) is 0. The molecular formula is C19H15Cl2N3O4. The van der Waals surface area contributed by atoms with Gasteiger partial charge in [-0.3, -0.25) is 24.1 Å². The van der Waals surface area contributed by atoms with Crippen molar-refractivity contribution in [1.29, 1.82) is 0 Å². The molecule has 1 aliphatic rings. The zero-order valence-corrected chi connectivity index (χ0v) is 16.0. The largest absolute Gasteiger partial charge is 0.353 e. The Balaban J connectivity index is 1.45. The molecule has 0 fully saturated rings. The molecule has 9 heteroatoms. The van der Waals surface area contributed by atoms with Crippen LogP contribution in [-0.2, 0) is 4.79 Å². The van der Waals surface area contributed by atoms with E-state index in [0.29, 0.717) is 10.6 Å². The second kappa shape index (κ2) is 8.41. The Morgan fingerprint density at radius 3 is 2.07 bits per heavy atom. The molecule has 144 valence electrons. The fraction of sp³-hybridized carbons (Fsp3) is 0.158. The van der Waals surface area contributed by atoms with Crippen LogP contribution < -0.4 is 10.6 Å². The maximum atomic E-state index is 12.2. The monoisotopic (exact) mass is 419 g/mol. The van der Waals surface area contributed by atoms with Gasteiger partial charge in [-0.05, 0) is 30.3 Å². The molecule has 2 aromatic rings. The summed E-state index contributed by atoms with van der Waals surface area (Å²) in [5.41, 5.74) is 0.912. The van der Waals surface area contributed by atoms with Gasteiger partial charge >= 0.3 is 0 Å². The van der Waals surface area contributed by atoms with E-state index in [0.717, 1.165) is 4.90 Å². The van der Waals surface area contributed by atoms with E-state index >= 15 is 0 Å². The average molecular weight is 420 g/mol. The van der Waals surface area contributed by atoms with E-state index in [-0.39, 0.29) is 41.7 Å². The number of carbonyl (C=O) groups excluding carboxylic acids is 4. The van der Waals surface area contributed by atoms with Gasteiger partial charge in [0.15, 0.2) is 0 Å². The predicted octanol–water partition coefficient (Wildman–Crippen LogP) is 2.14. The van der Waals surface area contributed by atoms with Crippen LogP contribution in [0, 0.1) is 0 Å². The Labute approximate surface area is 170 Å². The van der Waals surface area contributed by atoms with Crippen LogP contribution in [0.15, 0.2) is 42.5 Å². The number of hydrogen-bond donors (Lipinski definition) is 2. The predicted molar refractivity (Wildman–Crippen MR) is 104 cm³/mol. The third-order valence-electron chi connectivity index (χ3n) is 4.09. The topological polar surface area (TPSA) is 95.6 Å². The highest BCUT2D eigenvalue weighted by molar-refractivity contribution is 6.42. The summed E-state index contributed by atoms with van der Waals surface area (Å²) in [6.45, 7) is -0.0882. The van der Waals surface area contributed by atoms with Crippen LogP contribution in [0.3, 0.4) is 0 Å². The number of rotatable bonds is 6. The number of carbonyl (C=O) groups is 4. The molecule has 0 saturated heterocycles. The van der Waals surface area contributed by atoms with Crippen LogP contribution in [0.1, 0.15) is 31.1 Å². The number of amides is 4. The highest BCUT2D eigenvalue weighted by Gasteiger charge is 2.36. The van der Waals surface area contributed by atoms with E-state index in [1.165, 1.54) is 18.2 Å².